The Hall–Kier alpha value is -3.27. The van der Waals surface area contributed by atoms with E-state index in [0.29, 0.717) is 13.0 Å². The molecule has 0 aromatic heterocycles. The van der Waals surface area contributed by atoms with Crippen LogP contribution in [0.4, 0.5) is 11.4 Å². The SMILES string of the molecule is COc1ccc(CC2C(=O)N(Cc3ccccc3)c3ccccc3NC2C)cc1. The Morgan fingerprint density at radius 1 is 0.897 bits per heavy atom. The maximum absolute atomic E-state index is 13.7. The number of para-hydroxylation sites is 2. The number of ether oxygens (including phenoxy) is 1. The number of methoxy groups -OCH3 is 1. The summed E-state index contributed by atoms with van der Waals surface area (Å²) in [5, 5.41) is 3.57. The Kier molecular flexibility index (Phi) is 5.52. The Morgan fingerprint density at radius 3 is 2.31 bits per heavy atom. The van der Waals surface area contributed by atoms with E-state index >= 15 is 0 Å². The number of hydrogen-bond acceptors (Lipinski definition) is 3. The molecule has 1 aliphatic rings. The molecule has 148 valence electrons. The van der Waals surface area contributed by atoms with E-state index in [4.69, 9.17) is 4.74 Å². The van der Waals surface area contributed by atoms with Crippen LogP contribution in [0.2, 0.25) is 0 Å². The van der Waals surface area contributed by atoms with Crippen LogP contribution in [0, 0.1) is 5.92 Å². The quantitative estimate of drug-likeness (QED) is 0.678. The van der Waals surface area contributed by atoms with Crippen molar-refractivity contribution in [2.45, 2.75) is 25.9 Å². The van der Waals surface area contributed by atoms with Gasteiger partial charge in [-0.15, -0.1) is 0 Å². The van der Waals surface area contributed by atoms with E-state index in [0.717, 1.165) is 28.3 Å². The van der Waals surface area contributed by atoms with Crippen LogP contribution >= 0.6 is 0 Å². The third-order valence-corrected chi connectivity index (χ3v) is 5.56. The molecule has 0 radical (unpaired) electrons. The average molecular weight is 386 g/mol. The number of nitrogens with zero attached hydrogens (tertiary/aromatic N) is 1. The fraction of sp³-hybridized carbons (Fsp3) is 0.240. The van der Waals surface area contributed by atoms with Crippen LogP contribution in [0.3, 0.4) is 0 Å². The standard InChI is InChI=1S/C25H26N2O2/c1-18-22(16-19-12-14-21(29-2)15-13-19)25(28)27(17-20-8-4-3-5-9-20)24-11-7-6-10-23(24)26-18/h3-15,18,22,26H,16-17H2,1-2H3. The molecule has 0 fully saturated rings. The summed E-state index contributed by atoms with van der Waals surface area (Å²) in [4.78, 5) is 15.6. The third-order valence-electron chi connectivity index (χ3n) is 5.56. The number of fused-ring (bicyclic) bond motifs is 1. The molecule has 1 amide bonds. The molecule has 29 heavy (non-hydrogen) atoms. The van der Waals surface area contributed by atoms with Gasteiger partial charge in [0.25, 0.3) is 0 Å². The Labute approximate surface area is 172 Å². The predicted molar refractivity (Wildman–Crippen MR) is 117 cm³/mol. The van der Waals surface area contributed by atoms with E-state index in [-0.39, 0.29) is 17.9 Å². The van der Waals surface area contributed by atoms with E-state index in [1.54, 1.807) is 7.11 Å². The molecule has 2 unspecified atom stereocenters. The average Bonchev–Trinajstić information content (AvgIpc) is 2.85. The summed E-state index contributed by atoms with van der Waals surface area (Å²) in [6.07, 6.45) is 0.677. The minimum absolute atomic E-state index is 0.0199. The van der Waals surface area contributed by atoms with Gasteiger partial charge in [-0.2, -0.15) is 0 Å². The highest BCUT2D eigenvalue weighted by Gasteiger charge is 2.34. The van der Waals surface area contributed by atoms with Gasteiger partial charge in [-0.3, -0.25) is 4.79 Å². The van der Waals surface area contributed by atoms with E-state index in [9.17, 15) is 4.79 Å². The summed E-state index contributed by atoms with van der Waals surface area (Å²) in [6.45, 7) is 2.65. The van der Waals surface area contributed by atoms with Crippen molar-refractivity contribution in [2.75, 3.05) is 17.3 Å². The summed E-state index contributed by atoms with van der Waals surface area (Å²) >= 11 is 0. The van der Waals surface area contributed by atoms with Gasteiger partial charge in [0.1, 0.15) is 5.75 Å². The normalized spacial score (nSPS) is 18.6. The zero-order valence-corrected chi connectivity index (χ0v) is 16.8. The second kappa shape index (κ2) is 8.39. The Bertz CT molecular complexity index is 970. The first kappa shape index (κ1) is 19.1. The van der Waals surface area contributed by atoms with Gasteiger partial charge in [0.2, 0.25) is 5.91 Å². The number of benzene rings is 3. The number of anilines is 2. The molecule has 1 aliphatic heterocycles. The molecule has 4 rings (SSSR count). The zero-order chi connectivity index (χ0) is 20.2. The van der Waals surface area contributed by atoms with Crippen LogP contribution in [-0.4, -0.2) is 19.1 Å². The van der Waals surface area contributed by atoms with Crippen molar-refractivity contribution in [3.63, 3.8) is 0 Å². The molecular weight excluding hydrogens is 360 g/mol. The van der Waals surface area contributed by atoms with Gasteiger partial charge in [-0.25, -0.2) is 0 Å². The molecule has 1 N–H and O–H groups in total. The van der Waals surface area contributed by atoms with Gasteiger partial charge in [0.05, 0.1) is 30.9 Å². The summed E-state index contributed by atoms with van der Waals surface area (Å²) in [5.41, 5.74) is 4.18. The molecule has 0 spiro atoms. The molecule has 0 aliphatic carbocycles. The van der Waals surface area contributed by atoms with Gasteiger partial charge in [-0.05, 0) is 48.7 Å². The molecule has 0 saturated heterocycles. The van der Waals surface area contributed by atoms with Crippen LogP contribution in [0.1, 0.15) is 18.1 Å². The lowest BCUT2D eigenvalue weighted by atomic mass is 9.91. The highest BCUT2D eigenvalue weighted by atomic mass is 16.5. The molecule has 2 atom stereocenters. The van der Waals surface area contributed by atoms with Gasteiger partial charge >= 0.3 is 0 Å². The van der Waals surface area contributed by atoms with Crippen LogP contribution in [0.25, 0.3) is 0 Å². The second-order valence-electron chi connectivity index (χ2n) is 7.52. The van der Waals surface area contributed by atoms with Crippen molar-refractivity contribution in [3.8, 4) is 5.75 Å². The molecule has 0 bridgehead atoms. The van der Waals surface area contributed by atoms with E-state index in [1.165, 1.54) is 0 Å². The maximum Gasteiger partial charge on any atom is 0.232 e. The largest absolute Gasteiger partial charge is 0.497 e. The van der Waals surface area contributed by atoms with Crippen molar-refractivity contribution in [2.24, 2.45) is 5.92 Å². The third kappa shape index (κ3) is 4.11. The van der Waals surface area contributed by atoms with E-state index in [2.05, 4.69) is 24.4 Å². The molecule has 3 aromatic carbocycles. The van der Waals surface area contributed by atoms with Gasteiger partial charge in [-0.1, -0.05) is 54.6 Å². The lowest BCUT2D eigenvalue weighted by molar-refractivity contribution is -0.122. The number of nitrogens with one attached hydrogen (secondary N) is 1. The van der Waals surface area contributed by atoms with Gasteiger partial charge < -0.3 is 15.0 Å². The van der Waals surface area contributed by atoms with Crippen molar-refractivity contribution < 1.29 is 9.53 Å². The number of carbonyl (C=O) groups excluding carboxylic acids is 1. The highest BCUT2D eigenvalue weighted by molar-refractivity contribution is 6.00. The Balaban J connectivity index is 1.67. The number of carbonyl (C=O) groups is 1. The minimum Gasteiger partial charge on any atom is -0.497 e. The molecule has 3 aromatic rings. The van der Waals surface area contributed by atoms with E-state index in [1.807, 2.05) is 71.6 Å². The highest BCUT2D eigenvalue weighted by Crippen LogP contribution is 2.34. The summed E-state index contributed by atoms with van der Waals surface area (Å²) in [5.74, 6) is 0.805. The lowest BCUT2D eigenvalue weighted by Crippen LogP contribution is -2.40. The van der Waals surface area contributed by atoms with Crippen LogP contribution in [0.15, 0.2) is 78.9 Å². The Morgan fingerprint density at radius 2 is 1.59 bits per heavy atom. The van der Waals surface area contributed by atoms with Crippen molar-refractivity contribution >= 4 is 17.3 Å². The van der Waals surface area contributed by atoms with Gasteiger partial charge in [0, 0.05) is 6.04 Å². The molecule has 0 saturated carbocycles. The van der Waals surface area contributed by atoms with Crippen LogP contribution in [0.5, 0.6) is 5.75 Å². The maximum atomic E-state index is 13.7. The number of amides is 1. The topological polar surface area (TPSA) is 41.6 Å². The first-order valence-electron chi connectivity index (χ1n) is 9.99. The first-order valence-corrected chi connectivity index (χ1v) is 9.99. The lowest BCUT2D eigenvalue weighted by Gasteiger charge is -2.27. The fourth-order valence-electron chi connectivity index (χ4n) is 3.92. The first-order chi connectivity index (χ1) is 14.2. The number of rotatable bonds is 5. The molecule has 1 heterocycles. The number of hydrogen-bond donors (Lipinski definition) is 1. The smallest absolute Gasteiger partial charge is 0.232 e. The van der Waals surface area contributed by atoms with Crippen molar-refractivity contribution in [1.82, 2.24) is 0 Å². The fourth-order valence-corrected chi connectivity index (χ4v) is 3.92. The summed E-state index contributed by atoms with van der Waals surface area (Å²) < 4.78 is 5.26. The van der Waals surface area contributed by atoms with Crippen molar-refractivity contribution in [1.29, 1.82) is 0 Å². The zero-order valence-electron chi connectivity index (χ0n) is 16.8. The van der Waals surface area contributed by atoms with E-state index < -0.39 is 0 Å². The van der Waals surface area contributed by atoms with Crippen molar-refractivity contribution in [3.05, 3.63) is 90.0 Å². The van der Waals surface area contributed by atoms with Crippen LogP contribution in [-0.2, 0) is 17.8 Å². The van der Waals surface area contributed by atoms with Crippen LogP contribution < -0.4 is 15.0 Å². The predicted octanol–water partition coefficient (Wildman–Crippen LogP) is 4.90. The minimum atomic E-state index is -0.167. The second-order valence-corrected chi connectivity index (χ2v) is 7.52. The summed E-state index contributed by atoms with van der Waals surface area (Å²) in [6, 6.07) is 26.2. The van der Waals surface area contributed by atoms with Gasteiger partial charge in [0.15, 0.2) is 0 Å². The summed E-state index contributed by atoms with van der Waals surface area (Å²) in [7, 11) is 1.66. The molecular formula is C25H26N2O2. The molecule has 4 heteroatoms. The molecule has 4 nitrogen and oxygen atoms in total. The monoisotopic (exact) mass is 386 g/mol.